The number of benzene rings is 1. The quantitative estimate of drug-likeness (QED) is 0.766. The van der Waals surface area contributed by atoms with Crippen molar-refractivity contribution in [2.24, 2.45) is 7.05 Å². The maximum absolute atomic E-state index is 5.58. The largest absolute Gasteiger partial charge is 0.464 e. The zero-order valence-corrected chi connectivity index (χ0v) is 10.5. The van der Waals surface area contributed by atoms with Crippen molar-refractivity contribution in [3.05, 3.63) is 42.3 Å². The fourth-order valence-corrected chi connectivity index (χ4v) is 2.25. The van der Waals surface area contributed by atoms with Crippen LogP contribution < -0.4 is 5.32 Å². The summed E-state index contributed by atoms with van der Waals surface area (Å²) < 4.78 is 7.41. The molecule has 18 heavy (non-hydrogen) atoms. The summed E-state index contributed by atoms with van der Waals surface area (Å²) in [6.45, 7) is 0.794. The van der Waals surface area contributed by atoms with Crippen LogP contribution in [0.5, 0.6) is 0 Å². The highest BCUT2D eigenvalue weighted by Crippen LogP contribution is 2.31. The van der Waals surface area contributed by atoms with Gasteiger partial charge in [0.25, 0.3) is 0 Å². The first-order valence-corrected chi connectivity index (χ1v) is 5.93. The maximum Gasteiger partial charge on any atom is 0.134 e. The van der Waals surface area contributed by atoms with Crippen LogP contribution in [-0.2, 0) is 13.6 Å². The molecule has 0 fully saturated rings. The van der Waals surface area contributed by atoms with Crippen molar-refractivity contribution < 1.29 is 4.42 Å². The number of nitrogens with zero attached hydrogens (tertiary/aromatic N) is 2. The molecule has 1 N–H and O–H groups in total. The molecule has 2 heterocycles. The lowest BCUT2D eigenvalue weighted by atomic mass is 10.1. The Kier molecular flexibility index (Phi) is 2.64. The number of rotatable bonds is 3. The van der Waals surface area contributed by atoms with E-state index in [1.807, 2.05) is 43.2 Å². The minimum atomic E-state index is 0.794. The molecule has 0 aliphatic heterocycles. The smallest absolute Gasteiger partial charge is 0.134 e. The molecule has 92 valence electrons. The Morgan fingerprint density at radius 2 is 2.17 bits per heavy atom. The van der Waals surface area contributed by atoms with Gasteiger partial charge in [-0.05, 0) is 13.1 Å². The number of aromatic nitrogens is 2. The number of para-hydroxylation sites is 1. The molecule has 0 spiro atoms. The van der Waals surface area contributed by atoms with Crippen LogP contribution in [-0.4, -0.2) is 16.8 Å². The highest BCUT2D eigenvalue weighted by Gasteiger charge is 2.14. The van der Waals surface area contributed by atoms with E-state index in [2.05, 4.69) is 16.5 Å². The highest BCUT2D eigenvalue weighted by atomic mass is 16.3. The van der Waals surface area contributed by atoms with Gasteiger partial charge in [0.05, 0.1) is 0 Å². The predicted molar refractivity (Wildman–Crippen MR) is 71.2 cm³/mol. The molecule has 0 unspecified atom stereocenters. The lowest BCUT2D eigenvalue weighted by Gasteiger charge is -1.99. The van der Waals surface area contributed by atoms with E-state index in [9.17, 15) is 0 Å². The average molecular weight is 241 g/mol. The second-order valence-corrected chi connectivity index (χ2v) is 4.35. The van der Waals surface area contributed by atoms with Gasteiger partial charge in [-0.1, -0.05) is 18.2 Å². The summed E-state index contributed by atoms with van der Waals surface area (Å²) in [6, 6.07) is 8.02. The van der Waals surface area contributed by atoms with Gasteiger partial charge in [-0.2, -0.15) is 5.10 Å². The molecule has 0 aliphatic rings. The third kappa shape index (κ3) is 1.71. The van der Waals surface area contributed by atoms with Crippen LogP contribution in [0.1, 0.15) is 5.56 Å². The van der Waals surface area contributed by atoms with Crippen molar-refractivity contribution in [3.63, 3.8) is 0 Å². The topological polar surface area (TPSA) is 43.0 Å². The molecule has 0 saturated carbocycles. The normalized spacial score (nSPS) is 11.2. The molecule has 3 rings (SSSR count). The standard InChI is InChI=1S/C14H15N3O/c1-15-7-10-8-17(2)16-14(10)12-9-18-13-6-4-3-5-11(12)13/h3-6,8-9,15H,7H2,1-2H3. The van der Waals surface area contributed by atoms with Crippen molar-refractivity contribution >= 4 is 11.0 Å². The first kappa shape index (κ1) is 11.0. The fraction of sp³-hybridized carbons (Fsp3) is 0.214. The molecule has 0 saturated heterocycles. The molecule has 0 atom stereocenters. The second kappa shape index (κ2) is 4.31. The number of furan rings is 1. The lowest BCUT2D eigenvalue weighted by molar-refractivity contribution is 0.616. The average Bonchev–Trinajstić information content (AvgIpc) is 2.93. The first-order chi connectivity index (χ1) is 8.79. The number of hydrogen-bond acceptors (Lipinski definition) is 3. The summed E-state index contributed by atoms with van der Waals surface area (Å²) in [5.41, 5.74) is 4.10. The molecule has 0 radical (unpaired) electrons. The van der Waals surface area contributed by atoms with Crippen LogP contribution in [0.4, 0.5) is 0 Å². The van der Waals surface area contributed by atoms with Gasteiger partial charge in [-0.3, -0.25) is 4.68 Å². The van der Waals surface area contributed by atoms with E-state index in [0.717, 1.165) is 28.8 Å². The van der Waals surface area contributed by atoms with Crippen molar-refractivity contribution in [2.45, 2.75) is 6.54 Å². The predicted octanol–water partition coefficient (Wildman–Crippen LogP) is 2.55. The molecule has 4 nitrogen and oxygen atoms in total. The Hall–Kier alpha value is -2.07. The summed E-state index contributed by atoms with van der Waals surface area (Å²) >= 11 is 0. The molecule has 0 amide bonds. The van der Waals surface area contributed by atoms with Crippen molar-refractivity contribution in [3.8, 4) is 11.3 Å². The fourth-order valence-electron chi connectivity index (χ4n) is 2.25. The number of aryl methyl sites for hydroxylation is 1. The molecule has 0 aliphatic carbocycles. The minimum Gasteiger partial charge on any atom is -0.464 e. The van der Waals surface area contributed by atoms with Crippen molar-refractivity contribution in [2.75, 3.05) is 7.05 Å². The monoisotopic (exact) mass is 241 g/mol. The maximum atomic E-state index is 5.58. The van der Waals surface area contributed by atoms with Crippen LogP contribution in [0.15, 0.2) is 41.1 Å². The molecule has 2 aromatic heterocycles. The van der Waals surface area contributed by atoms with Gasteiger partial charge in [-0.25, -0.2) is 0 Å². The Morgan fingerprint density at radius 1 is 1.33 bits per heavy atom. The van der Waals surface area contributed by atoms with Crippen LogP contribution in [0.2, 0.25) is 0 Å². The molecular formula is C14H15N3O. The van der Waals surface area contributed by atoms with E-state index >= 15 is 0 Å². The Labute approximate surface area is 105 Å². The van der Waals surface area contributed by atoms with Gasteiger partial charge in [0.15, 0.2) is 0 Å². The summed E-state index contributed by atoms with van der Waals surface area (Å²) in [4.78, 5) is 0. The van der Waals surface area contributed by atoms with Gasteiger partial charge >= 0.3 is 0 Å². The van der Waals surface area contributed by atoms with Gasteiger partial charge in [0.2, 0.25) is 0 Å². The van der Waals surface area contributed by atoms with Crippen LogP contribution in [0.3, 0.4) is 0 Å². The molecule has 3 aromatic rings. The number of hydrogen-bond donors (Lipinski definition) is 1. The third-order valence-corrected chi connectivity index (χ3v) is 3.01. The summed E-state index contributed by atoms with van der Waals surface area (Å²) in [7, 11) is 3.87. The SMILES string of the molecule is CNCc1cn(C)nc1-c1coc2ccccc12. The van der Waals surface area contributed by atoms with Crippen molar-refractivity contribution in [1.82, 2.24) is 15.1 Å². The molecule has 0 bridgehead atoms. The van der Waals surface area contributed by atoms with Crippen molar-refractivity contribution in [1.29, 1.82) is 0 Å². The lowest BCUT2D eigenvalue weighted by Crippen LogP contribution is -2.05. The zero-order chi connectivity index (χ0) is 12.5. The number of fused-ring (bicyclic) bond motifs is 1. The summed E-state index contributed by atoms with van der Waals surface area (Å²) in [5.74, 6) is 0. The first-order valence-electron chi connectivity index (χ1n) is 5.93. The van der Waals surface area contributed by atoms with E-state index in [4.69, 9.17) is 4.42 Å². The van der Waals surface area contributed by atoms with Crippen LogP contribution in [0.25, 0.3) is 22.2 Å². The van der Waals surface area contributed by atoms with Gasteiger partial charge < -0.3 is 9.73 Å². The molecule has 1 aromatic carbocycles. The molecule has 4 heteroatoms. The van der Waals surface area contributed by atoms with Crippen LogP contribution >= 0.6 is 0 Å². The van der Waals surface area contributed by atoms with Crippen LogP contribution in [0, 0.1) is 0 Å². The Balaban J connectivity index is 2.19. The second-order valence-electron chi connectivity index (χ2n) is 4.35. The van der Waals surface area contributed by atoms with E-state index in [0.29, 0.717) is 0 Å². The van der Waals surface area contributed by atoms with Gasteiger partial charge in [0, 0.05) is 36.3 Å². The summed E-state index contributed by atoms with van der Waals surface area (Å²) in [6.07, 6.45) is 3.82. The van der Waals surface area contributed by atoms with E-state index in [1.165, 1.54) is 5.56 Å². The summed E-state index contributed by atoms with van der Waals surface area (Å²) in [5, 5.41) is 8.81. The van der Waals surface area contributed by atoms with Gasteiger partial charge in [0.1, 0.15) is 17.5 Å². The number of nitrogens with one attached hydrogen (secondary N) is 1. The van der Waals surface area contributed by atoms with Gasteiger partial charge in [-0.15, -0.1) is 0 Å². The Bertz CT molecular complexity index is 681. The van der Waals surface area contributed by atoms with E-state index in [-0.39, 0.29) is 0 Å². The highest BCUT2D eigenvalue weighted by molar-refractivity contribution is 5.93. The third-order valence-electron chi connectivity index (χ3n) is 3.01. The van der Waals surface area contributed by atoms with E-state index < -0.39 is 0 Å². The van der Waals surface area contributed by atoms with E-state index in [1.54, 1.807) is 6.26 Å². The Morgan fingerprint density at radius 3 is 3.00 bits per heavy atom. The zero-order valence-electron chi connectivity index (χ0n) is 10.5. The minimum absolute atomic E-state index is 0.794. The molecular weight excluding hydrogens is 226 g/mol.